The molecule has 0 saturated heterocycles. The van der Waals surface area contributed by atoms with Gasteiger partial charge in [-0.05, 0) is 62.1 Å². The van der Waals surface area contributed by atoms with Crippen LogP contribution in [0.1, 0.15) is 22.3 Å². The van der Waals surface area contributed by atoms with Crippen molar-refractivity contribution in [3.8, 4) is 11.5 Å². The fraction of sp³-hybridized carbons (Fsp3) is 0.143. The fourth-order valence-corrected chi connectivity index (χ4v) is 6.05. The number of aryl methyl sites for hydroxylation is 4. The van der Waals surface area contributed by atoms with Crippen molar-refractivity contribution in [3.05, 3.63) is 102 Å². The molecule has 0 saturated carbocycles. The summed E-state index contributed by atoms with van der Waals surface area (Å²) in [5, 5.41) is 0. The zero-order valence-corrected chi connectivity index (χ0v) is 20.1. The maximum Gasteiger partial charge on any atom is 0.335 e. The van der Waals surface area contributed by atoms with Gasteiger partial charge in [-0.25, -0.2) is 9.59 Å². The summed E-state index contributed by atoms with van der Waals surface area (Å²) < 4.78 is 10.9. The minimum absolute atomic E-state index is 0.423. The van der Waals surface area contributed by atoms with Gasteiger partial charge in [-0.1, -0.05) is 31.4 Å². The molecule has 168 valence electrons. The Balaban J connectivity index is 2.15. The Kier molecular flexibility index (Phi) is 7.56. The first-order valence-electron chi connectivity index (χ1n) is 10.5. The van der Waals surface area contributed by atoms with Gasteiger partial charge in [-0.15, -0.1) is 0 Å². The number of hydrogen-bond acceptors (Lipinski definition) is 4. The normalized spacial score (nSPS) is 10.6. The molecule has 3 aromatic carbocycles. The van der Waals surface area contributed by atoms with Gasteiger partial charge >= 0.3 is 11.9 Å². The average molecular weight is 460 g/mol. The SMILES string of the molecule is C=CC(=O)Oc1c(C)cc([S+](c2ccccc2)c2cc(C)c(OC(=O)C=C)c(C)c2)cc1C. The van der Waals surface area contributed by atoms with Crippen LogP contribution in [0.4, 0.5) is 0 Å². The molecule has 0 spiro atoms. The highest BCUT2D eigenvalue weighted by atomic mass is 32.2. The quantitative estimate of drug-likeness (QED) is 0.183. The van der Waals surface area contributed by atoms with Crippen molar-refractivity contribution < 1.29 is 19.1 Å². The van der Waals surface area contributed by atoms with E-state index in [1.54, 1.807) is 0 Å². The van der Waals surface area contributed by atoms with Gasteiger partial charge in [0.25, 0.3) is 0 Å². The lowest BCUT2D eigenvalue weighted by molar-refractivity contribution is -0.129. The third kappa shape index (κ3) is 5.44. The van der Waals surface area contributed by atoms with Gasteiger partial charge in [0.15, 0.2) is 14.7 Å². The van der Waals surface area contributed by atoms with E-state index in [0.717, 1.165) is 49.1 Å². The van der Waals surface area contributed by atoms with Gasteiger partial charge in [0.2, 0.25) is 0 Å². The van der Waals surface area contributed by atoms with Crippen molar-refractivity contribution in [1.29, 1.82) is 0 Å². The summed E-state index contributed by atoms with van der Waals surface area (Å²) in [6, 6.07) is 18.5. The van der Waals surface area contributed by atoms with Crippen molar-refractivity contribution >= 4 is 22.8 Å². The van der Waals surface area contributed by atoms with Crippen LogP contribution in [-0.2, 0) is 20.5 Å². The van der Waals surface area contributed by atoms with Crippen LogP contribution in [0.2, 0.25) is 0 Å². The zero-order valence-electron chi connectivity index (χ0n) is 19.3. The zero-order chi connectivity index (χ0) is 24.1. The monoisotopic (exact) mass is 459 g/mol. The number of rotatable bonds is 7. The maximum atomic E-state index is 11.8. The summed E-state index contributed by atoms with van der Waals surface area (Å²) in [6.45, 7) is 14.7. The Hall–Kier alpha value is -3.57. The third-order valence-electron chi connectivity index (χ3n) is 5.06. The molecule has 0 aliphatic heterocycles. The number of carbonyl (C=O) groups is 2. The summed E-state index contributed by atoms with van der Waals surface area (Å²) in [5.74, 6) is 0.150. The van der Waals surface area contributed by atoms with Crippen molar-refractivity contribution in [2.75, 3.05) is 0 Å². The Morgan fingerprint density at radius 3 is 1.36 bits per heavy atom. The van der Waals surface area contributed by atoms with Gasteiger partial charge in [-0.3, -0.25) is 0 Å². The molecule has 0 unspecified atom stereocenters. The lowest BCUT2D eigenvalue weighted by Crippen LogP contribution is -2.11. The minimum Gasteiger partial charge on any atom is -0.423 e. The maximum absolute atomic E-state index is 11.8. The largest absolute Gasteiger partial charge is 0.423 e. The van der Waals surface area contributed by atoms with E-state index in [1.807, 2.05) is 45.9 Å². The second-order valence-electron chi connectivity index (χ2n) is 7.64. The smallest absolute Gasteiger partial charge is 0.335 e. The summed E-state index contributed by atoms with van der Waals surface area (Å²) in [5.41, 5.74) is 3.49. The van der Waals surface area contributed by atoms with E-state index in [9.17, 15) is 9.59 Å². The molecule has 0 aromatic heterocycles. The first-order chi connectivity index (χ1) is 15.7. The molecule has 0 bridgehead atoms. The Labute approximate surface area is 197 Å². The van der Waals surface area contributed by atoms with Gasteiger partial charge in [0, 0.05) is 36.4 Å². The van der Waals surface area contributed by atoms with Crippen LogP contribution in [0, 0.1) is 27.7 Å². The van der Waals surface area contributed by atoms with E-state index in [4.69, 9.17) is 9.47 Å². The average Bonchev–Trinajstić information content (AvgIpc) is 2.79. The Morgan fingerprint density at radius 2 is 1.03 bits per heavy atom. The van der Waals surface area contributed by atoms with Crippen LogP contribution in [0.25, 0.3) is 0 Å². The molecule has 0 fully saturated rings. The predicted molar refractivity (Wildman–Crippen MR) is 132 cm³/mol. The minimum atomic E-state index is -0.480. The van der Waals surface area contributed by atoms with E-state index >= 15 is 0 Å². The van der Waals surface area contributed by atoms with E-state index in [0.29, 0.717) is 11.5 Å². The second kappa shape index (κ2) is 10.4. The Bertz CT molecular complexity index is 1100. The topological polar surface area (TPSA) is 52.6 Å². The number of ether oxygens (including phenoxy) is 2. The van der Waals surface area contributed by atoms with Crippen molar-refractivity contribution in [2.45, 2.75) is 42.4 Å². The van der Waals surface area contributed by atoms with Crippen molar-refractivity contribution in [3.63, 3.8) is 0 Å². The lowest BCUT2D eigenvalue weighted by atomic mass is 10.1. The molecule has 4 nitrogen and oxygen atoms in total. The number of benzene rings is 3. The highest BCUT2D eigenvalue weighted by Gasteiger charge is 2.31. The van der Waals surface area contributed by atoms with Crippen LogP contribution in [0.15, 0.2) is 94.6 Å². The van der Waals surface area contributed by atoms with Crippen LogP contribution >= 0.6 is 0 Å². The van der Waals surface area contributed by atoms with E-state index in [2.05, 4.69) is 49.6 Å². The van der Waals surface area contributed by atoms with E-state index < -0.39 is 22.8 Å². The van der Waals surface area contributed by atoms with Crippen molar-refractivity contribution in [2.24, 2.45) is 0 Å². The molecule has 0 heterocycles. The predicted octanol–water partition coefficient (Wildman–Crippen LogP) is 6.20. The fourth-order valence-electron chi connectivity index (χ4n) is 3.63. The van der Waals surface area contributed by atoms with E-state index in [-0.39, 0.29) is 0 Å². The van der Waals surface area contributed by atoms with Crippen LogP contribution < -0.4 is 9.47 Å². The van der Waals surface area contributed by atoms with Gasteiger partial charge in [0.05, 0.1) is 10.9 Å². The molecule has 3 rings (SSSR count). The van der Waals surface area contributed by atoms with Crippen LogP contribution in [-0.4, -0.2) is 11.9 Å². The lowest BCUT2D eigenvalue weighted by Gasteiger charge is -2.15. The summed E-state index contributed by atoms with van der Waals surface area (Å²) >= 11 is 0. The van der Waals surface area contributed by atoms with Crippen LogP contribution in [0.5, 0.6) is 11.5 Å². The molecular formula is C28H27O4S+. The van der Waals surface area contributed by atoms with Crippen molar-refractivity contribution in [1.82, 2.24) is 0 Å². The molecule has 0 aliphatic carbocycles. The molecule has 5 heteroatoms. The number of carbonyl (C=O) groups excluding carboxylic acids is 2. The van der Waals surface area contributed by atoms with Gasteiger partial charge < -0.3 is 9.47 Å². The molecule has 0 N–H and O–H groups in total. The van der Waals surface area contributed by atoms with Gasteiger partial charge in [-0.2, -0.15) is 0 Å². The molecule has 3 aromatic rings. The molecule has 0 atom stereocenters. The molecule has 0 radical (unpaired) electrons. The first-order valence-corrected chi connectivity index (χ1v) is 11.7. The molecule has 0 amide bonds. The van der Waals surface area contributed by atoms with E-state index in [1.165, 1.54) is 0 Å². The molecular weight excluding hydrogens is 432 g/mol. The molecule has 33 heavy (non-hydrogen) atoms. The summed E-state index contributed by atoms with van der Waals surface area (Å²) in [6.07, 6.45) is 2.32. The Morgan fingerprint density at radius 1 is 0.667 bits per heavy atom. The summed E-state index contributed by atoms with van der Waals surface area (Å²) in [7, 11) is -0.423. The standard InChI is InChI=1S/C28H27O4S/c1-7-25(29)31-27-18(3)14-23(15-19(27)4)33(22-12-10-9-11-13-22)24-16-20(5)28(21(6)17-24)32-26(30)8-2/h7-17H,1-2H2,3-6H3/q+1. The summed E-state index contributed by atoms with van der Waals surface area (Å²) in [4.78, 5) is 26.9. The van der Waals surface area contributed by atoms with Gasteiger partial charge in [0.1, 0.15) is 11.5 Å². The van der Waals surface area contributed by atoms with Crippen LogP contribution in [0.3, 0.4) is 0 Å². The number of hydrogen-bond donors (Lipinski definition) is 0. The second-order valence-corrected chi connectivity index (χ2v) is 9.67. The highest BCUT2D eigenvalue weighted by Crippen LogP contribution is 2.38. The highest BCUT2D eigenvalue weighted by molar-refractivity contribution is 7.97. The third-order valence-corrected chi connectivity index (χ3v) is 7.21. The number of esters is 2. The molecule has 0 aliphatic rings. The first kappa shape index (κ1) is 24.1.